The zero-order valence-corrected chi connectivity index (χ0v) is 26.5. The number of hydrogen-bond donors (Lipinski definition) is 0. The average molecular weight is 593 g/mol. The maximum atomic E-state index is 2.44. The minimum absolute atomic E-state index is 0.960. The minimum atomic E-state index is 0.960. The van der Waals surface area contributed by atoms with E-state index in [9.17, 15) is 0 Å². The molecule has 0 spiro atoms. The fourth-order valence-corrected chi connectivity index (χ4v) is 7.24. The molecule has 0 aliphatic heterocycles. The van der Waals surface area contributed by atoms with Gasteiger partial charge in [-0.05, 0) is 103 Å². The zero-order valence-electron chi connectivity index (χ0n) is 26.5. The molecule has 0 N–H and O–H groups in total. The summed E-state index contributed by atoms with van der Waals surface area (Å²) in [5.74, 6) is 0. The number of allylic oxidation sites excluding steroid dienone is 1. The Hall–Kier alpha value is -5.60. The molecule has 2 heterocycles. The van der Waals surface area contributed by atoms with Crippen LogP contribution in [0.15, 0.2) is 146 Å². The van der Waals surface area contributed by atoms with Crippen LogP contribution < -0.4 is 0 Å². The van der Waals surface area contributed by atoms with Crippen LogP contribution in [0, 0.1) is 6.92 Å². The molecule has 0 radical (unpaired) electrons. The second-order valence-electron chi connectivity index (χ2n) is 12.1. The van der Waals surface area contributed by atoms with Crippen LogP contribution in [-0.4, -0.2) is 9.13 Å². The lowest BCUT2D eigenvalue weighted by molar-refractivity contribution is 0.769. The second kappa shape index (κ2) is 11.4. The highest BCUT2D eigenvalue weighted by Gasteiger charge is 2.17. The Morgan fingerprint density at radius 2 is 1.07 bits per heavy atom. The SMILES string of the molecule is C/C=C\c1c(C)n(CC)c2ccc(-c3ccc4c(c3)c3ccccc3n4-c3cc(-c4ccccc4)cc(-c4ccccc4)c3)cc12. The first-order chi connectivity index (χ1) is 22.6. The summed E-state index contributed by atoms with van der Waals surface area (Å²) >= 11 is 0. The van der Waals surface area contributed by atoms with E-state index in [1.54, 1.807) is 0 Å². The number of aryl methyl sites for hydroxylation is 1. The van der Waals surface area contributed by atoms with Crippen LogP contribution in [0.3, 0.4) is 0 Å². The van der Waals surface area contributed by atoms with Crippen molar-refractivity contribution in [2.24, 2.45) is 0 Å². The van der Waals surface area contributed by atoms with Gasteiger partial charge in [0.2, 0.25) is 0 Å². The Morgan fingerprint density at radius 1 is 0.500 bits per heavy atom. The van der Waals surface area contributed by atoms with Gasteiger partial charge in [0.1, 0.15) is 0 Å². The van der Waals surface area contributed by atoms with Crippen molar-refractivity contribution in [3.05, 3.63) is 157 Å². The molecule has 0 fully saturated rings. The lowest BCUT2D eigenvalue weighted by Gasteiger charge is -2.14. The van der Waals surface area contributed by atoms with Gasteiger partial charge < -0.3 is 9.13 Å². The van der Waals surface area contributed by atoms with E-state index >= 15 is 0 Å². The monoisotopic (exact) mass is 592 g/mol. The molecule has 2 nitrogen and oxygen atoms in total. The molecule has 2 heteroatoms. The molecule has 8 aromatic rings. The zero-order chi connectivity index (χ0) is 31.2. The highest BCUT2D eigenvalue weighted by atomic mass is 15.0. The molecule has 0 aliphatic rings. The number of aromatic nitrogens is 2. The molecule has 8 rings (SSSR count). The molecule has 0 aliphatic carbocycles. The van der Waals surface area contributed by atoms with Gasteiger partial charge in [-0.2, -0.15) is 0 Å². The predicted octanol–water partition coefficient (Wildman–Crippen LogP) is 12.1. The van der Waals surface area contributed by atoms with Crippen molar-refractivity contribution in [2.45, 2.75) is 27.3 Å². The van der Waals surface area contributed by atoms with E-state index < -0.39 is 0 Å². The van der Waals surface area contributed by atoms with Crippen LogP contribution >= 0.6 is 0 Å². The summed E-state index contributed by atoms with van der Waals surface area (Å²) in [6, 6.07) is 51.1. The Bertz CT molecular complexity index is 2350. The van der Waals surface area contributed by atoms with Crippen molar-refractivity contribution >= 4 is 38.8 Å². The van der Waals surface area contributed by atoms with Crippen LogP contribution in [0.25, 0.3) is 77.9 Å². The topological polar surface area (TPSA) is 9.86 Å². The predicted molar refractivity (Wildman–Crippen MR) is 198 cm³/mol. The number of para-hydroxylation sites is 1. The Labute approximate surface area is 270 Å². The van der Waals surface area contributed by atoms with E-state index in [1.807, 2.05) is 0 Å². The molecule has 46 heavy (non-hydrogen) atoms. The third-order valence-corrected chi connectivity index (χ3v) is 9.42. The van der Waals surface area contributed by atoms with Crippen molar-refractivity contribution in [3.63, 3.8) is 0 Å². The molecular formula is C44H36N2. The Balaban J connectivity index is 1.35. The number of rotatable bonds is 6. The van der Waals surface area contributed by atoms with E-state index in [0.717, 1.165) is 12.2 Å². The minimum Gasteiger partial charge on any atom is -0.345 e. The van der Waals surface area contributed by atoms with Crippen LogP contribution in [-0.2, 0) is 6.54 Å². The fourth-order valence-electron chi connectivity index (χ4n) is 7.24. The maximum Gasteiger partial charge on any atom is 0.0541 e. The first-order valence-electron chi connectivity index (χ1n) is 16.2. The van der Waals surface area contributed by atoms with Gasteiger partial charge in [0, 0.05) is 45.2 Å². The lowest BCUT2D eigenvalue weighted by atomic mass is 9.98. The smallest absolute Gasteiger partial charge is 0.0541 e. The Morgan fingerprint density at radius 3 is 1.70 bits per heavy atom. The quantitative estimate of drug-likeness (QED) is 0.182. The van der Waals surface area contributed by atoms with E-state index in [1.165, 1.54) is 77.3 Å². The summed E-state index contributed by atoms with van der Waals surface area (Å²) in [5, 5.41) is 3.83. The van der Waals surface area contributed by atoms with Gasteiger partial charge >= 0.3 is 0 Å². The summed E-state index contributed by atoms with van der Waals surface area (Å²) in [6.07, 6.45) is 4.39. The molecule has 0 saturated carbocycles. The van der Waals surface area contributed by atoms with Crippen LogP contribution in [0.1, 0.15) is 25.1 Å². The molecule has 0 saturated heterocycles. The van der Waals surface area contributed by atoms with Gasteiger partial charge in [-0.15, -0.1) is 0 Å². The van der Waals surface area contributed by atoms with Gasteiger partial charge in [-0.1, -0.05) is 103 Å². The van der Waals surface area contributed by atoms with Gasteiger partial charge in [0.25, 0.3) is 0 Å². The van der Waals surface area contributed by atoms with E-state index in [-0.39, 0.29) is 0 Å². The summed E-state index contributed by atoms with van der Waals surface area (Å²) in [4.78, 5) is 0. The molecule has 222 valence electrons. The second-order valence-corrected chi connectivity index (χ2v) is 12.1. The van der Waals surface area contributed by atoms with Crippen molar-refractivity contribution in [3.8, 4) is 39.1 Å². The van der Waals surface area contributed by atoms with Crippen LogP contribution in [0.5, 0.6) is 0 Å². The third-order valence-electron chi connectivity index (χ3n) is 9.42. The highest BCUT2D eigenvalue weighted by molar-refractivity contribution is 6.11. The fraction of sp³-hybridized carbons (Fsp3) is 0.0909. The number of nitrogens with zero attached hydrogens (tertiary/aromatic N) is 2. The molecule has 0 amide bonds. The average Bonchev–Trinajstić information content (AvgIpc) is 3.59. The van der Waals surface area contributed by atoms with Crippen LogP contribution in [0.4, 0.5) is 0 Å². The van der Waals surface area contributed by atoms with Crippen molar-refractivity contribution in [1.29, 1.82) is 0 Å². The number of hydrogen-bond acceptors (Lipinski definition) is 0. The van der Waals surface area contributed by atoms with Crippen molar-refractivity contribution < 1.29 is 0 Å². The first kappa shape index (κ1) is 27.9. The largest absolute Gasteiger partial charge is 0.345 e. The molecule has 6 aromatic carbocycles. The number of benzene rings is 6. The highest BCUT2D eigenvalue weighted by Crippen LogP contribution is 2.39. The lowest BCUT2D eigenvalue weighted by Crippen LogP contribution is -1.96. The standard InChI is InChI=1S/C44H36N2/c1-4-14-38-30(3)45(5-2)42-23-21-33(28-40(38)42)34-22-24-44-41(29-34)39-19-12-13-20-43(39)46(44)37-26-35(31-15-8-6-9-16-31)25-36(27-37)32-17-10-7-11-18-32/h4,6-29H,5H2,1-3H3/b14-4-. The normalized spacial score (nSPS) is 11.8. The summed E-state index contributed by atoms with van der Waals surface area (Å²) in [6.45, 7) is 7.51. The first-order valence-corrected chi connectivity index (χ1v) is 16.2. The van der Waals surface area contributed by atoms with Gasteiger partial charge in [-0.25, -0.2) is 0 Å². The summed E-state index contributed by atoms with van der Waals surface area (Å²) in [5.41, 5.74) is 14.8. The van der Waals surface area contributed by atoms with Crippen molar-refractivity contribution in [2.75, 3.05) is 0 Å². The number of fused-ring (bicyclic) bond motifs is 4. The molecular weight excluding hydrogens is 556 g/mol. The van der Waals surface area contributed by atoms with E-state index in [2.05, 4.69) is 182 Å². The molecule has 0 bridgehead atoms. The van der Waals surface area contributed by atoms with E-state index in [4.69, 9.17) is 0 Å². The van der Waals surface area contributed by atoms with Crippen molar-refractivity contribution in [1.82, 2.24) is 9.13 Å². The summed E-state index contributed by atoms with van der Waals surface area (Å²) in [7, 11) is 0. The van der Waals surface area contributed by atoms with Gasteiger partial charge in [0.15, 0.2) is 0 Å². The Kier molecular flexibility index (Phi) is 6.92. The van der Waals surface area contributed by atoms with Crippen LogP contribution in [0.2, 0.25) is 0 Å². The maximum absolute atomic E-state index is 2.44. The van der Waals surface area contributed by atoms with Gasteiger partial charge in [-0.3, -0.25) is 0 Å². The van der Waals surface area contributed by atoms with Gasteiger partial charge in [0.05, 0.1) is 11.0 Å². The molecule has 2 aromatic heterocycles. The third kappa shape index (κ3) is 4.57. The molecule has 0 unspecified atom stereocenters. The molecule has 0 atom stereocenters. The van der Waals surface area contributed by atoms with E-state index in [0.29, 0.717) is 0 Å². The summed E-state index contributed by atoms with van der Waals surface area (Å²) < 4.78 is 4.85.